The van der Waals surface area contributed by atoms with E-state index < -0.39 is 12.0 Å². The molecule has 94 valence electrons. The molecule has 0 fully saturated rings. The first kappa shape index (κ1) is 13.2. The van der Waals surface area contributed by atoms with Crippen molar-refractivity contribution in [1.82, 2.24) is 10.3 Å². The van der Waals surface area contributed by atoms with Crippen LogP contribution in [-0.2, 0) is 4.74 Å². The highest BCUT2D eigenvalue weighted by atomic mass is 32.1. The van der Waals surface area contributed by atoms with Crippen molar-refractivity contribution in [2.24, 2.45) is 5.73 Å². The zero-order chi connectivity index (χ0) is 12.7. The van der Waals surface area contributed by atoms with Crippen molar-refractivity contribution in [3.05, 3.63) is 11.1 Å². The van der Waals surface area contributed by atoms with Crippen LogP contribution < -0.4 is 16.4 Å². The maximum Gasteiger partial charge on any atom is 0.357 e. The molecule has 0 saturated carbocycles. The highest BCUT2D eigenvalue weighted by molar-refractivity contribution is 7.13. The number of aromatic nitrogens is 1. The molecule has 0 radical (unpaired) electrons. The fraction of sp³-hybridized carbons (Fsp3) is 0.444. The molecule has 7 nitrogen and oxygen atoms in total. The molecule has 0 aliphatic heterocycles. The van der Waals surface area contributed by atoms with Gasteiger partial charge in [-0.2, -0.15) is 0 Å². The number of ether oxygens (including phenoxy) is 1. The van der Waals surface area contributed by atoms with E-state index in [1.165, 1.54) is 11.3 Å². The zero-order valence-electron chi connectivity index (χ0n) is 9.36. The molecule has 0 spiro atoms. The summed E-state index contributed by atoms with van der Waals surface area (Å²) >= 11 is 1.30. The van der Waals surface area contributed by atoms with E-state index in [0.29, 0.717) is 24.8 Å². The lowest BCUT2D eigenvalue weighted by Gasteiger charge is -2.02. The van der Waals surface area contributed by atoms with Crippen molar-refractivity contribution in [3.63, 3.8) is 0 Å². The summed E-state index contributed by atoms with van der Waals surface area (Å²) in [6, 6.07) is -0.571. The van der Waals surface area contributed by atoms with Gasteiger partial charge in [-0.1, -0.05) is 0 Å². The third kappa shape index (κ3) is 4.68. The Bertz CT molecular complexity index is 393. The predicted molar refractivity (Wildman–Crippen MR) is 64.1 cm³/mol. The monoisotopic (exact) mass is 258 g/mol. The van der Waals surface area contributed by atoms with E-state index in [9.17, 15) is 9.59 Å². The number of carbonyl (C=O) groups is 2. The van der Waals surface area contributed by atoms with Gasteiger partial charge in [-0.05, 0) is 6.92 Å². The lowest BCUT2D eigenvalue weighted by Crippen LogP contribution is -2.33. The SMILES string of the molecule is CCOC(=O)c1csc(NCCNC(N)=O)n1. The third-order valence-corrected chi connectivity index (χ3v) is 2.49. The minimum absolute atomic E-state index is 0.280. The lowest BCUT2D eigenvalue weighted by molar-refractivity contribution is 0.0520. The minimum Gasteiger partial charge on any atom is -0.461 e. The van der Waals surface area contributed by atoms with Gasteiger partial charge in [0.25, 0.3) is 0 Å². The van der Waals surface area contributed by atoms with E-state index in [4.69, 9.17) is 10.5 Å². The number of urea groups is 1. The third-order valence-electron chi connectivity index (χ3n) is 1.69. The van der Waals surface area contributed by atoms with Gasteiger partial charge < -0.3 is 21.1 Å². The summed E-state index contributed by atoms with van der Waals surface area (Å²) in [6.07, 6.45) is 0. The first-order valence-electron chi connectivity index (χ1n) is 5.03. The molecule has 2 amide bonds. The number of anilines is 1. The average molecular weight is 258 g/mol. The van der Waals surface area contributed by atoms with Gasteiger partial charge in [0.2, 0.25) is 0 Å². The molecule has 1 aromatic heterocycles. The number of nitrogens with one attached hydrogen (secondary N) is 2. The Labute approximate surface area is 102 Å². The normalized spacial score (nSPS) is 9.71. The Morgan fingerprint density at radius 3 is 2.94 bits per heavy atom. The van der Waals surface area contributed by atoms with E-state index in [1.54, 1.807) is 12.3 Å². The summed E-state index contributed by atoms with van der Waals surface area (Å²) in [4.78, 5) is 25.7. The van der Waals surface area contributed by atoms with Crippen LogP contribution in [0.15, 0.2) is 5.38 Å². The fourth-order valence-corrected chi connectivity index (χ4v) is 1.72. The van der Waals surface area contributed by atoms with Gasteiger partial charge in [-0.3, -0.25) is 0 Å². The molecule has 0 aliphatic carbocycles. The second-order valence-electron chi connectivity index (χ2n) is 2.98. The molecular weight excluding hydrogens is 244 g/mol. The van der Waals surface area contributed by atoms with Crippen LogP contribution in [0.5, 0.6) is 0 Å². The van der Waals surface area contributed by atoms with E-state index in [2.05, 4.69) is 15.6 Å². The van der Waals surface area contributed by atoms with Crippen molar-refractivity contribution in [2.75, 3.05) is 25.0 Å². The largest absolute Gasteiger partial charge is 0.461 e. The molecule has 8 heteroatoms. The van der Waals surface area contributed by atoms with E-state index >= 15 is 0 Å². The van der Waals surface area contributed by atoms with Gasteiger partial charge in [0.05, 0.1) is 6.61 Å². The number of carbonyl (C=O) groups excluding carboxylic acids is 2. The number of thiazole rings is 1. The maximum atomic E-state index is 11.3. The lowest BCUT2D eigenvalue weighted by atomic mass is 10.5. The van der Waals surface area contributed by atoms with E-state index in [0.717, 1.165) is 0 Å². The van der Waals surface area contributed by atoms with Crippen LogP contribution in [0.1, 0.15) is 17.4 Å². The molecule has 0 bridgehead atoms. The minimum atomic E-state index is -0.571. The quantitative estimate of drug-likeness (QED) is 0.506. The molecule has 0 atom stereocenters. The highest BCUT2D eigenvalue weighted by Gasteiger charge is 2.10. The molecule has 0 unspecified atom stereocenters. The number of esters is 1. The van der Waals surface area contributed by atoms with E-state index in [1.807, 2.05) is 0 Å². The van der Waals surface area contributed by atoms with Crippen LogP contribution in [0.25, 0.3) is 0 Å². The van der Waals surface area contributed by atoms with Crippen LogP contribution >= 0.6 is 11.3 Å². The first-order chi connectivity index (χ1) is 8.13. The van der Waals surface area contributed by atoms with Crippen molar-refractivity contribution >= 4 is 28.5 Å². The Hall–Kier alpha value is -1.83. The highest BCUT2D eigenvalue weighted by Crippen LogP contribution is 2.15. The Kier molecular flexibility index (Phi) is 5.21. The first-order valence-corrected chi connectivity index (χ1v) is 5.91. The predicted octanol–water partition coefficient (Wildman–Crippen LogP) is 0.400. The molecule has 0 aliphatic rings. The van der Waals surface area contributed by atoms with Crippen LogP contribution in [-0.4, -0.2) is 36.7 Å². The summed E-state index contributed by atoms with van der Waals surface area (Å²) in [7, 11) is 0. The Morgan fingerprint density at radius 1 is 1.53 bits per heavy atom. The number of hydrogen-bond acceptors (Lipinski definition) is 6. The van der Waals surface area contributed by atoms with Gasteiger partial charge in [0, 0.05) is 18.5 Å². The van der Waals surface area contributed by atoms with Gasteiger partial charge in [0.1, 0.15) is 0 Å². The summed E-state index contributed by atoms with van der Waals surface area (Å²) < 4.78 is 4.80. The van der Waals surface area contributed by atoms with Crippen molar-refractivity contribution in [3.8, 4) is 0 Å². The van der Waals surface area contributed by atoms with Gasteiger partial charge in [-0.15, -0.1) is 11.3 Å². The number of nitrogens with zero attached hydrogens (tertiary/aromatic N) is 1. The fourth-order valence-electron chi connectivity index (χ4n) is 1.01. The summed E-state index contributed by atoms with van der Waals surface area (Å²) in [5, 5.41) is 7.58. The van der Waals surface area contributed by atoms with Crippen molar-refractivity contribution < 1.29 is 14.3 Å². The number of hydrogen-bond donors (Lipinski definition) is 3. The second kappa shape index (κ2) is 6.69. The molecule has 4 N–H and O–H groups in total. The zero-order valence-corrected chi connectivity index (χ0v) is 10.2. The molecule has 0 aromatic carbocycles. The Morgan fingerprint density at radius 2 is 2.29 bits per heavy atom. The standard InChI is InChI=1S/C9H14N4O3S/c1-2-16-7(14)6-5-17-9(13-6)12-4-3-11-8(10)15/h5H,2-4H2,1H3,(H,12,13)(H3,10,11,15). The number of rotatable bonds is 6. The summed E-state index contributed by atoms with van der Waals surface area (Å²) in [5.74, 6) is -0.438. The smallest absolute Gasteiger partial charge is 0.357 e. The average Bonchev–Trinajstić information content (AvgIpc) is 2.73. The van der Waals surface area contributed by atoms with Crippen molar-refractivity contribution in [1.29, 1.82) is 0 Å². The molecule has 1 heterocycles. The summed E-state index contributed by atoms with van der Waals surface area (Å²) in [5.41, 5.74) is 5.18. The van der Waals surface area contributed by atoms with Crippen LogP contribution in [0.4, 0.5) is 9.93 Å². The van der Waals surface area contributed by atoms with Crippen molar-refractivity contribution in [2.45, 2.75) is 6.92 Å². The molecule has 1 aromatic rings. The topological polar surface area (TPSA) is 106 Å². The number of primary amides is 1. The van der Waals surface area contributed by atoms with Crippen LogP contribution in [0.2, 0.25) is 0 Å². The summed E-state index contributed by atoms with van der Waals surface area (Å²) in [6.45, 7) is 2.93. The molecular formula is C9H14N4O3S. The van der Waals surface area contributed by atoms with E-state index in [-0.39, 0.29) is 5.69 Å². The number of nitrogens with two attached hydrogens (primary N) is 1. The molecule has 0 saturated heterocycles. The second-order valence-corrected chi connectivity index (χ2v) is 3.83. The van der Waals surface area contributed by atoms with Gasteiger partial charge >= 0.3 is 12.0 Å². The van der Waals surface area contributed by atoms with Gasteiger partial charge in [-0.25, -0.2) is 14.6 Å². The Balaban J connectivity index is 2.35. The number of amides is 2. The van der Waals surface area contributed by atoms with Crippen LogP contribution in [0.3, 0.4) is 0 Å². The molecule has 1 rings (SSSR count). The maximum absolute atomic E-state index is 11.3. The molecule has 17 heavy (non-hydrogen) atoms. The van der Waals surface area contributed by atoms with Crippen LogP contribution in [0, 0.1) is 0 Å². The van der Waals surface area contributed by atoms with Gasteiger partial charge in [0.15, 0.2) is 10.8 Å².